The van der Waals surface area contributed by atoms with Gasteiger partial charge in [0.1, 0.15) is 0 Å². The maximum Gasteiger partial charge on any atom is 0.0127 e. The van der Waals surface area contributed by atoms with Crippen LogP contribution in [0.1, 0.15) is 60.8 Å². The van der Waals surface area contributed by atoms with Gasteiger partial charge in [-0.2, -0.15) is 0 Å². The predicted molar refractivity (Wildman–Crippen MR) is 61.0 cm³/mol. The maximum absolute atomic E-state index is 3.65. The van der Waals surface area contributed by atoms with Crippen molar-refractivity contribution in [2.45, 2.75) is 72.4 Å². The lowest BCUT2D eigenvalue weighted by molar-refractivity contribution is 0.345. The van der Waals surface area contributed by atoms with Crippen molar-refractivity contribution in [2.24, 2.45) is 5.92 Å². The average Bonchev–Trinajstić information content (AvgIpc) is 2.13. The van der Waals surface area contributed by atoms with Crippen LogP contribution in [0.4, 0.5) is 0 Å². The highest BCUT2D eigenvalue weighted by Gasteiger charge is 2.25. The molecule has 0 spiro atoms. The summed E-state index contributed by atoms with van der Waals surface area (Å²) in [6, 6.07) is 0.697. The van der Waals surface area contributed by atoms with E-state index >= 15 is 0 Å². The molecule has 80 valence electrons. The van der Waals surface area contributed by atoms with Gasteiger partial charge in [0.25, 0.3) is 0 Å². The Morgan fingerprint density at radius 1 is 1.15 bits per heavy atom. The summed E-state index contributed by atoms with van der Waals surface area (Å²) in [6.45, 7) is 13.3. The van der Waals surface area contributed by atoms with E-state index in [0.717, 1.165) is 5.92 Å². The molecule has 1 saturated heterocycles. The van der Waals surface area contributed by atoms with Gasteiger partial charge >= 0.3 is 0 Å². The van der Waals surface area contributed by atoms with Gasteiger partial charge in [-0.3, -0.25) is 0 Å². The lowest BCUT2D eigenvalue weighted by Gasteiger charge is -2.26. The van der Waals surface area contributed by atoms with E-state index in [1.807, 2.05) is 13.8 Å². The molecule has 1 heteroatoms. The van der Waals surface area contributed by atoms with Gasteiger partial charge < -0.3 is 5.32 Å². The Balaban J connectivity index is 0.000000671. The molecule has 13 heavy (non-hydrogen) atoms. The fraction of sp³-hybridized carbons (Fsp3) is 1.00. The third-order valence-electron chi connectivity index (χ3n) is 2.66. The van der Waals surface area contributed by atoms with Crippen LogP contribution in [0, 0.1) is 5.92 Å². The normalized spacial score (nSPS) is 32.8. The standard InChI is InChI=1S/C10H21N.C2H6/c1-8-5-6-10(3,4)11-9(2)7-8;1-2/h8-9,11H,5-7H2,1-4H3;1-2H3. The molecular formula is C12H27N. The van der Waals surface area contributed by atoms with Gasteiger partial charge in [-0.05, 0) is 46.0 Å². The van der Waals surface area contributed by atoms with Crippen molar-refractivity contribution in [3.63, 3.8) is 0 Å². The Kier molecular flexibility index (Phi) is 5.62. The van der Waals surface area contributed by atoms with Crippen molar-refractivity contribution >= 4 is 0 Å². The van der Waals surface area contributed by atoms with Gasteiger partial charge in [0.05, 0.1) is 0 Å². The summed E-state index contributed by atoms with van der Waals surface area (Å²) in [5, 5.41) is 3.65. The molecule has 0 aromatic rings. The molecule has 2 unspecified atom stereocenters. The first-order valence-corrected chi connectivity index (χ1v) is 5.77. The molecule has 1 N–H and O–H groups in total. The third-order valence-corrected chi connectivity index (χ3v) is 2.66. The van der Waals surface area contributed by atoms with Gasteiger partial charge in [-0.25, -0.2) is 0 Å². The van der Waals surface area contributed by atoms with E-state index in [4.69, 9.17) is 0 Å². The molecule has 0 aliphatic carbocycles. The Morgan fingerprint density at radius 2 is 1.69 bits per heavy atom. The smallest absolute Gasteiger partial charge is 0.0127 e. The molecule has 0 aromatic heterocycles. The predicted octanol–water partition coefficient (Wildman–Crippen LogP) is 3.59. The first-order valence-electron chi connectivity index (χ1n) is 5.77. The van der Waals surface area contributed by atoms with E-state index in [-0.39, 0.29) is 0 Å². The Morgan fingerprint density at radius 3 is 2.23 bits per heavy atom. The van der Waals surface area contributed by atoms with E-state index in [1.54, 1.807) is 0 Å². The SMILES string of the molecule is CC.CC1CCC(C)(C)NC(C)C1. The Hall–Kier alpha value is -0.0400. The van der Waals surface area contributed by atoms with E-state index in [2.05, 4.69) is 33.0 Å². The van der Waals surface area contributed by atoms with Crippen LogP contribution >= 0.6 is 0 Å². The van der Waals surface area contributed by atoms with E-state index < -0.39 is 0 Å². The summed E-state index contributed by atoms with van der Waals surface area (Å²) >= 11 is 0. The van der Waals surface area contributed by atoms with Gasteiger partial charge in [0, 0.05) is 11.6 Å². The first-order chi connectivity index (χ1) is 5.99. The minimum Gasteiger partial charge on any atom is -0.309 e. The van der Waals surface area contributed by atoms with Crippen LogP contribution in [0.5, 0.6) is 0 Å². The van der Waals surface area contributed by atoms with Gasteiger partial charge in [0.15, 0.2) is 0 Å². The molecule has 0 aromatic carbocycles. The second kappa shape index (κ2) is 5.64. The summed E-state index contributed by atoms with van der Waals surface area (Å²) in [7, 11) is 0. The van der Waals surface area contributed by atoms with Crippen LogP contribution in [-0.2, 0) is 0 Å². The van der Waals surface area contributed by atoms with Crippen molar-refractivity contribution in [2.75, 3.05) is 0 Å². The molecule has 1 aliphatic heterocycles. The number of hydrogen-bond acceptors (Lipinski definition) is 1. The Bertz CT molecular complexity index is 129. The molecule has 1 nitrogen and oxygen atoms in total. The summed E-state index contributed by atoms with van der Waals surface area (Å²) in [5.74, 6) is 0.902. The molecule has 0 saturated carbocycles. The zero-order chi connectivity index (χ0) is 10.5. The molecular weight excluding hydrogens is 158 g/mol. The van der Waals surface area contributed by atoms with Crippen LogP contribution in [0.2, 0.25) is 0 Å². The highest BCUT2D eigenvalue weighted by atomic mass is 15.0. The van der Waals surface area contributed by atoms with Gasteiger partial charge in [-0.1, -0.05) is 20.8 Å². The highest BCUT2D eigenvalue weighted by molar-refractivity contribution is 4.85. The molecule has 0 bridgehead atoms. The number of rotatable bonds is 0. The van der Waals surface area contributed by atoms with Crippen molar-refractivity contribution in [3.05, 3.63) is 0 Å². The number of nitrogens with one attached hydrogen (secondary N) is 1. The molecule has 0 radical (unpaired) electrons. The molecule has 1 aliphatic rings. The van der Waals surface area contributed by atoms with Crippen LogP contribution in [0.15, 0.2) is 0 Å². The molecule has 1 rings (SSSR count). The molecule has 1 fully saturated rings. The van der Waals surface area contributed by atoms with E-state index in [1.165, 1.54) is 19.3 Å². The van der Waals surface area contributed by atoms with E-state index in [9.17, 15) is 0 Å². The van der Waals surface area contributed by atoms with Crippen LogP contribution in [0.25, 0.3) is 0 Å². The number of hydrogen-bond donors (Lipinski definition) is 1. The first kappa shape index (κ1) is 13.0. The van der Waals surface area contributed by atoms with Crippen molar-refractivity contribution in [1.82, 2.24) is 5.32 Å². The fourth-order valence-corrected chi connectivity index (χ4v) is 2.13. The maximum atomic E-state index is 3.65. The summed E-state index contributed by atoms with van der Waals surface area (Å²) in [6.07, 6.45) is 4.03. The minimum absolute atomic E-state index is 0.365. The fourth-order valence-electron chi connectivity index (χ4n) is 2.13. The van der Waals surface area contributed by atoms with Gasteiger partial charge in [0.2, 0.25) is 0 Å². The van der Waals surface area contributed by atoms with Crippen molar-refractivity contribution < 1.29 is 0 Å². The monoisotopic (exact) mass is 185 g/mol. The topological polar surface area (TPSA) is 12.0 Å². The second-order valence-corrected chi connectivity index (χ2v) is 4.81. The minimum atomic E-state index is 0.365. The van der Waals surface area contributed by atoms with E-state index in [0.29, 0.717) is 11.6 Å². The molecule has 0 amide bonds. The molecule has 1 heterocycles. The highest BCUT2D eigenvalue weighted by Crippen LogP contribution is 2.24. The summed E-state index contributed by atoms with van der Waals surface area (Å²) in [4.78, 5) is 0. The van der Waals surface area contributed by atoms with Crippen LogP contribution in [0.3, 0.4) is 0 Å². The zero-order valence-corrected chi connectivity index (χ0v) is 10.3. The lowest BCUT2D eigenvalue weighted by Crippen LogP contribution is -2.42. The average molecular weight is 185 g/mol. The van der Waals surface area contributed by atoms with Crippen LogP contribution in [-0.4, -0.2) is 11.6 Å². The summed E-state index contributed by atoms with van der Waals surface area (Å²) in [5.41, 5.74) is 0.365. The van der Waals surface area contributed by atoms with Crippen molar-refractivity contribution in [3.8, 4) is 0 Å². The zero-order valence-electron chi connectivity index (χ0n) is 10.3. The molecule has 2 atom stereocenters. The van der Waals surface area contributed by atoms with Crippen LogP contribution < -0.4 is 5.32 Å². The lowest BCUT2D eigenvalue weighted by atomic mass is 9.95. The second-order valence-electron chi connectivity index (χ2n) is 4.81. The van der Waals surface area contributed by atoms with Gasteiger partial charge in [-0.15, -0.1) is 0 Å². The quantitative estimate of drug-likeness (QED) is 0.608. The Labute approximate surface area is 84.3 Å². The van der Waals surface area contributed by atoms with Crippen molar-refractivity contribution in [1.29, 1.82) is 0 Å². The summed E-state index contributed by atoms with van der Waals surface area (Å²) < 4.78 is 0. The third kappa shape index (κ3) is 5.30. The largest absolute Gasteiger partial charge is 0.309 e.